The maximum atomic E-state index is 12.9. The van der Waals surface area contributed by atoms with E-state index in [2.05, 4.69) is 24.4 Å². The molecule has 0 aromatic heterocycles. The molecule has 180 valence electrons. The Morgan fingerprint density at radius 3 is 2.00 bits per heavy atom. The van der Waals surface area contributed by atoms with Gasteiger partial charge in [-0.1, -0.05) is 61.5 Å². The molecule has 0 bridgehead atoms. The monoisotopic (exact) mass is 489 g/mol. The average Bonchev–Trinajstić information content (AvgIpc) is 2.87. The molecule has 0 aliphatic heterocycles. The predicted molar refractivity (Wildman–Crippen MR) is 141 cm³/mol. The van der Waals surface area contributed by atoms with Crippen molar-refractivity contribution in [1.82, 2.24) is 5.32 Å². The van der Waals surface area contributed by atoms with E-state index in [-0.39, 0.29) is 23.9 Å². The number of carbonyl (C=O) groups excluding carboxylic acids is 2. The van der Waals surface area contributed by atoms with Crippen molar-refractivity contribution in [1.29, 1.82) is 0 Å². The maximum absolute atomic E-state index is 12.9. The SMILES string of the molecule is CCNCCc1ccc2cc(OC(=O)c3ccccc3)c(OC(=O)c3ccccc3)c(C)c2c1.Cl. The van der Waals surface area contributed by atoms with Crippen LogP contribution in [0.4, 0.5) is 0 Å². The average molecular weight is 490 g/mol. The Morgan fingerprint density at radius 2 is 1.40 bits per heavy atom. The zero-order valence-electron chi connectivity index (χ0n) is 19.7. The third kappa shape index (κ3) is 6.27. The topological polar surface area (TPSA) is 64.6 Å². The molecule has 1 N–H and O–H groups in total. The first-order valence-electron chi connectivity index (χ1n) is 11.4. The lowest BCUT2D eigenvalue weighted by molar-refractivity contribution is 0.0682. The van der Waals surface area contributed by atoms with Crippen LogP contribution in [0.1, 0.15) is 38.8 Å². The van der Waals surface area contributed by atoms with Crippen molar-refractivity contribution in [2.24, 2.45) is 0 Å². The molecule has 0 aliphatic rings. The summed E-state index contributed by atoms with van der Waals surface area (Å²) in [6.45, 7) is 5.76. The van der Waals surface area contributed by atoms with Gasteiger partial charge < -0.3 is 14.8 Å². The molecule has 6 heteroatoms. The summed E-state index contributed by atoms with van der Waals surface area (Å²) in [5.41, 5.74) is 2.75. The Balaban J connectivity index is 0.00000342. The second-order valence-corrected chi connectivity index (χ2v) is 8.00. The number of aryl methyl sites for hydroxylation is 1. The highest BCUT2D eigenvalue weighted by Gasteiger charge is 2.21. The summed E-state index contributed by atoms with van der Waals surface area (Å²) >= 11 is 0. The van der Waals surface area contributed by atoms with E-state index >= 15 is 0 Å². The quantitative estimate of drug-likeness (QED) is 0.182. The maximum Gasteiger partial charge on any atom is 0.343 e. The van der Waals surface area contributed by atoms with Gasteiger partial charge in [0.15, 0.2) is 11.5 Å². The fraction of sp³-hybridized carbons (Fsp3) is 0.172. The van der Waals surface area contributed by atoms with E-state index < -0.39 is 11.9 Å². The van der Waals surface area contributed by atoms with Crippen LogP contribution < -0.4 is 14.8 Å². The van der Waals surface area contributed by atoms with Gasteiger partial charge in [0.05, 0.1) is 11.1 Å². The number of likely N-dealkylation sites (N-methyl/N-ethyl adjacent to an activating group) is 1. The number of ether oxygens (including phenoxy) is 2. The Bertz CT molecular complexity index is 1310. The standard InChI is InChI=1S/C29H27NO4.ClH/c1-3-30-17-16-21-14-15-24-19-26(33-28(31)22-10-6-4-7-11-22)27(20(2)25(24)18-21)34-29(32)23-12-8-5-9-13-23;/h4-15,18-19,30H,3,16-17H2,1-2H3;1H. The van der Waals surface area contributed by atoms with Gasteiger partial charge in [-0.2, -0.15) is 0 Å². The number of hydrogen-bond donors (Lipinski definition) is 1. The van der Waals surface area contributed by atoms with Crippen LogP contribution in [0.5, 0.6) is 11.5 Å². The summed E-state index contributed by atoms with van der Waals surface area (Å²) in [4.78, 5) is 25.7. The minimum Gasteiger partial charge on any atom is -0.419 e. The molecule has 4 aromatic rings. The number of esters is 2. The van der Waals surface area contributed by atoms with Gasteiger partial charge >= 0.3 is 11.9 Å². The minimum atomic E-state index is -0.515. The van der Waals surface area contributed by atoms with Crippen LogP contribution in [-0.2, 0) is 6.42 Å². The number of carbonyl (C=O) groups is 2. The largest absolute Gasteiger partial charge is 0.419 e. The van der Waals surface area contributed by atoms with Gasteiger partial charge in [-0.3, -0.25) is 0 Å². The van der Waals surface area contributed by atoms with E-state index in [9.17, 15) is 9.59 Å². The van der Waals surface area contributed by atoms with Crippen molar-refractivity contribution in [3.8, 4) is 11.5 Å². The Kier molecular flexibility index (Phi) is 9.01. The highest BCUT2D eigenvalue weighted by atomic mass is 35.5. The van der Waals surface area contributed by atoms with Crippen molar-refractivity contribution >= 4 is 35.1 Å². The highest BCUT2D eigenvalue weighted by Crippen LogP contribution is 2.38. The molecule has 0 saturated heterocycles. The lowest BCUT2D eigenvalue weighted by Gasteiger charge is -2.16. The van der Waals surface area contributed by atoms with Crippen LogP contribution in [0.2, 0.25) is 0 Å². The predicted octanol–water partition coefficient (Wildman–Crippen LogP) is 6.16. The van der Waals surface area contributed by atoms with E-state index in [0.29, 0.717) is 11.1 Å². The smallest absolute Gasteiger partial charge is 0.343 e. The minimum absolute atomic E-state index is 0. The zero-order chi connectivity index (χ0) is 23.9. The molecule has 5 nitrogen and oxygen atoms in total. The summed E-state index contributed by atoms with van der Waals surface area (Å²) in [7, 11) is 0. The molecule has 0 unspecified atom stereocenters. The summed E-state index contributed by atoms with van der Waals surface area (Å²) in [6.07, 6.45) is 0.882. The second kappa shape index (κ2) is 12.2. The fourth-order valence-corrected chi connectivity index (χ4v) is 3.79. The molecule has 0 saturated carbocycles. The van der Waals surface area contributed by atoms with Crippen LogP contribution in [-0.4, -0.2) is 25.0 Å². The number of hydrogen-bond acceptors (Lipinski definition) is 5. The molecule has 4 aromatic carbocycles. The van der Waals surface area contributed by atoms with Crippen LogP contribution in [0, 0.1) is 6.92 Å². The first kappa shape index (κ1) is 25.9. The van der Waals surface area contributed by atoms with Crippen molar-refractivity contribution in [3.63, 3.8) is 0 Å². The molecular formula is C29H28ClNO4. The van der Waals surface area contributed by atoms with Crippen LogP contribution in [0.25, 0.3) is 10.8 Å². The highest BCUT2D eigenvalue weighted by molar-refractivity contribution is 5.97. The van der Waals surface area contributed by atoms with Gasteiger partial charge in [0.25, 0.3) is 0 Å². The fourth-order valence-electron chi connectivity index (χ4n) is 3.79. The van der Waals surface area contributed by atoms with E-state index in [4.69, 9.17) is 9.47 Å². The molecule has 0 atom stereocenters. The third-order valence-corrected chi connectivity index (χ3v) is 5.63. The number of halogens is 1. The molecule has 4 rings (SSSR count). The Morgan fingerprint density at radius 1 is 0.800 bits per heavy atom. The summed E-state index contributed by atoms with van der Waals surface area (Å²) in [5.74, 6) is -0.569. The summed E-state index contributed by atoms with van der Waals surface area (Å²) < 4.78 is 11.6. The number of rotatable bonds is 8. The molecule has 0 aliphatic carbocycles. The molecule has 0 radical (unpaired) electrons. The Hall–Kier alpha value is -3.67. The van der Waals surface area contributed by atoms with Crippen molar-refractivity contribution in [2.45, 2.75) is 20.3 Å². The van der Waals surface area contributed by atoms with Gasteiger partial charge in [-0.25, -0.2) is 9.59 Å². The summed E-state index contributed by atoms with van der Waals surface area (Å²) in [6, 6.07) is 25.4. The van der Waals surface area contributed by atoms with E-state index in [1.807, 2.05) is 25.1 Å². The van der Waals surface area contributed by atoms with Crippen LogP contribution >= 0.6 is 12.4 Å². The van der Waals surface area contributed by atoms with Gasteiger partial charge in [0.2, 0.25) is 0 Å². The van der Waals surface area contributed by atoms with Crippen molar-refractivity contribution in [2.75, 3.05) is 13.1 Å². The molecule has 0 amide bonds. The van der Waals surface area contributed by atoms with E-state index in [1.165, 1.54) is 5.56 Å². The van der Waals surface area contributed by atoms with E-state index in [1.54, 1.807) is 54.6 Å². The molecule has 35 heavy (non-hydrogen) atoms. The van der Waals surface area contributed by atoms with Gasteiger partial charge in [-0.05, 0) is 73.1 Å². The van der Waals surface area contributed by atoms with Crippen molar-refractivity contribution in [3.05, 3.63) is 107 Å². The van der Waals surface area contributed by atoms with Crippen LogP contribution in [0.3, 0.4) is 0 Å². The van der Waals surface area contributed by atoms with Gasteiger partial charge in [0.1, 0.15) is 0 Å². The molecule has 0 heterocycles. The van der Waals surface area contributed by atoms with E-state index in [0.717, 1.165) is 35.8 Å². The molecule has 0 fully saturated rings. The summed E-state index contributed by atoms with van der Waals surface area (Å²) in [5, 5.41) is 5.19. The zero-order valence-corrected chi connectivity index (χ0v) is 20.6. The van der Waals surface area contributed by atoms with Crippen LogP contribution in [0.15, 0.2) is 84.9 Å². The number of benzene rings is 4. The molecule has 0 spiro atoms. The Labute approximate surface area is 211 Å². The number of nitrogens with one attached hydrogen (secondary N) is 1. The van der Waals surface area contributed by atoms with Gasteiger partial charge in [0, 0.05) is 5.56 Å². The molecular weight excluding hydrogens is 462 g/mol. The normalized spacial score (nSPS) is 10.5. The van der Waals surface area contributed by atoms with Gasteiger partial charge in [-0.15, -0.1) is 12.4 Å². The number of fused-ring (bicyclic) bond motifs is 1. The third-order valence-electron chi connectivity index (χ3n) is 5.63. The second-order valence-electron chi connectivity index (χ2n) is 8.00. The lowest BCUT2D eigenvalue weighted by atomic mass is 10.00. The van der Waals surface area contributed by atoms with Crippen molar-refractivity contribution < 1.29 is 19.1 Å². The first-order valence-corrected chi connectivity index (χ1v) is 11.4. The lowest BCUT2D eigenvalue weighted by Crippen LogP contribution is -2.16. The first-order chi connectivity index (χ1) is 16.6.